The van der Waals surface area contributed by atoms with Crippen molar-refractivity contribution in [3.63, 3.8) is 0 Å². The van der Waals surface area contributed by atoms with Gasteiger partial charge in [-0.2, -0.15) is 0 Å². The quantitative estimate of drug-likeness (QED) is 0.318. The Balaban J connectivity index is 1.36. The summed E-state index contributed by atoms with van der Waals surface area (Å²) in [4.78, 5) is 37.8. The molecule has 5 saturated carbocycles. The summed E-state index contributed by atoms with van der Waals surface area (Å²) in [5.74, 6) is -1.81. The van der Waals surface area contributed by atoms with Crippen LogP contribution in [0.2, 0.25) is 0 Å². The molecule has 7 rings (SSSR count). The molecule has 0 aromatic rings. The largest absolute Gasteiger partial charge is 0.462 e. The minimum Gasteiger partial charge on any atom is -0.462 e. The Bertz CT molecular complexity index is 1320. The molecule has 9 heteroatoms. The van der Waals surface area contributed by atoms with Crippen molar-refractivity contribution < 1.29 is 43.2 Å². The van der Waals surface area contributed by atoms with E-state index >= 15 is 0 Å². The molecule has 2 bridgehead atoms. The molecule has 2 aliphatic heterocycles. The van der Waals surface area contributed by atoms with Gasteiger partial charge in [-0.3, -0.25) is 14.4 Å². The van der Waals surface area contributed by atoms with E-state index in [0.717, 1.165) is 44.9 Å². The van der Waals surface area contributed by atoms with E-state index in [1.54, 1.807) is 13.8 Å². The van der Waals surface area contributed by atoms with Crippen LogP contribution < -0.4 is 0 Å². The predicted octanol–water partition coefficient (Wildman–Crippen LogP) is 5.49. The maximum atomic E-state index is 12.9. The smallest absolute Gasteiger partial charge is 0.303 e. The summed E-state index contributed by atoms with van der Waals surface area (Å²) in [5, 5.41) is 11.4. The lowest BCUT2D eigenvalue weighted by molar-refractivity contribution is -0.316. The summed E-state index contributed by atoms with van der Waals surface area (Å²) in [6.07, 6.45) is 6.53. The molecule has 6 unspecified atom stereocenters. The summed E-state index contributed by atoms with van der Waals surface area (Å²) in [7, 11) is 0. The average Bonchev–Trinajstić information content (AvgIpc) is 3.40. The number of ether oxygens (including phenoxy) is 5. The summed E-state index contributed by atoms with van der Waals surface area (Å²) in [6.45, 7) is 17.2. The fourth-order valence-corrected chi connectivity index (χ4v) is 13.6. The van der Waals surface area contributed by atoms with Gasteiger partial charge in [-0.25, -0.2) is 0 Å². The van der Waals surface area contributed by atoms with Crippen LogP contribution in [0.1, 0.15) is 120 Å². The first kappa shape index (κ1) is 31.9. The summed E-state index contributed by atoms with van der Waals surface area (Å²) < 4.78 is 32.4. The number of fused-ring (bicyclic) bond motifs is 4. The summed E-state index contributed by atoms with van der Waals surface area (Å²) in [6, 6.07) is 0. The Morgan fingerprint density at radius 2 is 1.36 bits per heavy atom. The van der Waals surface area contributed by atoms with E-state index in [1.807, 2.05) is 0 Å². The summed E-state index contributed by atoms with van der Waals surface area (Å²) >= 11 is 0. The van der Waals surface area contributed by atoms with Crippen LogP contribution in [0.5, 0.6) is 0 Å². The zero-order valence-electron chi connectivity index (χ0n) is 28.7. The van der Waals surface area contributed by atoms with Crippen LogP contribution in [0.15, 0.2) is 0 Å². The Morgan fingerprint density at radius 1 is 0.756 bits per heavy atom. The Morgan fingerprint density at radius 3 is 1.98 bits per heavy atom. The van der Waals surface area contributed by atoms with Crippen LogP contribution in [0.4, 0.5) is 0 Å². The number of esters is 3. The molecule has 5 aliphatic carbocycles. The zero-order valence-corrected chi connectivity index (χ0v) is 28.7. The van der Waals surface area contributed by atoms with Crippen molar-refractivity contribution in [1.82, 2.24) is 0 Å². The Kier molecular flexibility index (Phi) is 6.55. The molecule has 252 valence electrons. The number of hydrogen-bond acceptors (Lipinski definition) is 9. The van der Waals surface area contributed by atoms with Crippen molar-refractivity contribution in [2.45, 2.75) is 155 Å². The lowest BCUT2D eigenvalue weighted by atomic mass is 9.41. The molecule has 0 aromatic heterocycles. The van der Waals surface area contributed by atoms with Gasteiger partial charge in [-0.15, -0.1) is 0 Å². The molecule has 1 N–H and O–H groups in total. The third kappa shape index (κ3) is 3.75. The highest BCUT2D eigenvalue weighted by Gasteiger charge is 2.88. The normalized spacial score (nSPS) is 52.1. The fourth-order valence-electron chi connectivity index (χ4n) is 13.6. The highest BCUT2D eigenvalue weighted by atomic mass is 16.7. The predicted molar refractivity (Wildman–Crippen MR) is 162 cm³/mol. The lowest BCUT2D eigenvalue weighted by Crippen LogP contribution is -2.63. The number of hydrogen-bond donors (Lipinski definition) is 1. The monoisotopic (exact) mass is 630 g/mol. The van der Waals surface area contributed by atoms with E-state index in [2.05, 4.69) is 27.7 Å². The molecule has 7 aliphatic rings. The van der Waals surface area contributed by atoms with Crippen molar-refractivity contribution in [2.75, 3.05) is 6.61 Å². The van der Waals surface area contributed by atoms with Crippen molar-refractivity contribution in [2.24, 2.45) is 44.8 Å². The second-order valence-corrected chi connectivity index (χ2v) is 17.7. The van der Waals surface area contributed by atoms with E-state index in [4.69, 9.17) is 23.7 Å². The second-order valence-electron chi connectivity index (χ2n) is 17.7. The molecular weight excluding hydrogens is 576 g/mol. The zero-order chi connectivity index (χ0) is 32.8. The van der Waals surface area contributed by atoms with Gasteiger partial charge in [0.1, 0.15) is 23.9 Å². The van der Waals surface area contributed by atoms with E-state index in [9.17, 15) is 19.5 Å². The maximum Gasteiger partial charge on any atom is 0.303 e. The molecule has 2 heterocycles. The van der Waals surface area contributed by atoms with E-state index in [-0.39, 0.29) is 46.1 Å². The van der Waals surface area contributed by atoms with Gasteiger partial charge >= 0.3 is 17.9 Å². The van der Waals surface area contributed by atoms with Crippen molar-refractivity contribution in [3.8, 4) is 0 Å². The first-order chi connectivity index (χ1) is 20.8. The molecule has 0 amide bonds. The first-order valence-corrected chi connectivity index (χ1v) is 17.3. The minimum absolute atomic E-state index is 0.0590. The molecule has 0 aromatic carbocycles. The van der Waals surface area contributed by atoms with Gasteiger partial charge in [-0.1, -0.05) is 20.8 Å². The molecule has 0 radical (unpaired) electrons. The standard InChI is InChI=1S/C36H54O9/c1-20(37)42-25-12-13-33-18-34(33)15-16-35-19-41-36(30(6,7)40)17-14-31(8,45-36)27(35)26(43-21(2)38)28(44-22(3)39)32(35,9)24(34)11-10-23(33)29(25,4)5/h23-28,40H,10-19H2,1-9H3/t23?,24?,25?,26?,27-,28?,31?,32-,33-,34+,35+,36+/m1/s1. The van der Waals surface area contributed by atoms with Crippen molar-refractivity contribution >= 4 is 17.9 Å². The Hall–Kier alpha value is -1.71. The fraction of sp³-hybridized carbons (Fsp3) is 0.917. The topological polar surface area (TPSA) is 118 Å². The van der Waals surface area contributed by atoms with Crippen LogP contribution in [0.25, 0.3) is 0 Å². The van der Waals surface area contributed by atoms with Gasteiger partial charge in [0.15, 0.2) is 5.79 Å². The molecular formula is C36H54O9. The van der Waals surface area contributed by atoms with Crippen molar-refractivity contribution in [3.05, 3.63) is 0 Å². The van der Waals surface area contributed by atoms with E-state index in [1.165, 1.54) is 20.8 Å². The number of carbonyl (C=O) groups is 3. The third-order valence-corrected chi connectivity index (χ3v) is 15.2. The van der Waals surface area contributed by atoms with Crippen LogP contribution in [0.3, 0.4) is 0 Å². The van der Waals surface area contributed by atoms with E-state index < -0.39 is 46.0 Å². The lowest BCUT2D eigenvalue weighted by Gasteiger charge is -2.64. The third-order valence-electron chi connectivity index (χ3n) is 15.2. The minimum atomic E-state index is -1.25. The molecule has 3 spiro atoms. The molecule has 7 fully saturated rings. The van der Waals surface area contributed by atoms with Gasteiger partial charge in [0.2, 0.25) is 0 Å². The van der Waals surface area contributed by atoms with Gasteiger partial charge < -0.3 is 28.8 Å². The van der Waals surface area contributed by atoms with Crippen LogP contribution in [-0.4, -0.2) is 64.9 Å². The number of rotatable bonds is 4. The maximum absolute atomic E-state index is 12.9. The van der Waals surface area contributed by atoms with Crippen LogP contribution in [-0.2, 0) is 38.1 Å². The molecule has 45 heavy (non-hydrogen) atoms. The highest BCUT2D eigenvalue weighted by molar-refractivity contribution is 5.68. The molecule has 2 saturated heterocycles. The van der Waals surface area contributed by atoms with Crippen LogP contribution >= 0.6 is 0 Å². The second kappa shape index (κ2) is 9.25. The molecule has 12 atom stereocenters. The highest BCUT2D eigenvalue weighted by Crippen LogP contribution is 2.90. The van der Waals surface area contributed by atoms with Gasteiger partial charge in [-0.05, 0) is 94.8 Å². The number of carbonyl (C=O) groups excluding carboxylic acids is 3. The summed E-state index contributed by atoms with van der Waals surface area (Å²) in [5.41, 5.74) is -3.04. The van der Waals surface area contributed by atoms with Crippen LogP contribution in [0, 0.1) is 44.8 Å². The van der Waals surface area contributed by atoms with E-state index in [0.29, 0.717) is 25.4 Å². The number of aliphatic hydroxyl groups is 1. The van der Waals surface area contributed by atoms with Gasteiger partial charge in [0.25, 0.3) is 0 Å². The molecule has 9 nitrogen and oxygen atoms in total. The van der Waals surface area contributed by atoms with Crippen molar-refractivity contribution in [1.29, 1.82) is 0 Å². The average molecular weight is 631 g/mol. The van der Waals surface area contributed by atoms with Gasteiger partial charge in [0, 0.05) is 49.4 Å². The first-order valence-electron chi connectivity index (χ1n) is 17.3. The SMILES string of the molecule is CC(=O)OC1C(OC(C)=O)[C@@]2(C)C3CCC4C(C)(C)C(OC(C)=O)CC[C@@]45C[C@@]35CC[C@@]23CO[C@@]2(C(C)(C)O)CCC(C)(O2)[C@@H]13. The Labute approximate surface area is 267 Å². The van der Waals surface area contributed by atoms with Gasteiger partial charge in [0.05, 0.1) is 12.2 Å².